The maximum absolute atomic E-state index is 12.4. The standard InChI is InChI=1S/C20H28O3/c1-3-20-11-17(22)16(21)10-12(20)4-5-13-14-6-7-18(23)19(14,2)9-8-15(13)20/h10,13-15,17,22H,3-9,11H2,1-2H3/t13-,14-,15-,17+,19-,20-/m0/s1. The number of carbonyl (C=O) groups is 2. The Labute approximate surface area is 138 Å². The summed E-state index contributed by atoms with van der Waals surface area (Å²) in [6.07, 6.45) is 8.53. The van der Waals surface area contributed by atoms with Crippen LogP contribution >= 0.6 is 0 Å². The molecule has 126 valence electrons. The third-order valence-electron chi connectivity index (χ3n) is 8.08. The lowest BCUT2D eigenvalue weighted by Gasteiger charge is -2.58. The molecule has 0 radical (unpaired) electrons. The minimum Gasteiger partial charge on any atom is -0.385 e. The highest BCUT2D eigenvalue weighted by atomic mass is 16.3. The molecule has 3 fully saturated rings. The highest BCUT2D eigenvalue weighted by molar-refractivity contribution is 5.95. The van der Waals surface area contributed by atoms with Crippen molar-refractivity contribution in [2.75, 3.05) is 0 Å². The van der Waals surface area contributed by atoms with Gasteiger partial charge in [-0.05, 0) is 74.2 Å². The Balaban J connectivity index is 1.74. The Bertz CT molecular complexity index is 592. The fourth-order valence-corrected chi connectivity index (χ4v) is 6.80. The maximum atomic E-state index is 12.4. The molecule has 0 bridgehead atoms. The first-order valence-corrected chi connectivity index (χ1v) is 9.38. The molecule has 0 saturated heterocycles. The molecule has 0 aliphatic heterocycles. The van der Waals surface area contributed by atoms with Crippen molar-refractivity contribution in [3.63, 3.8) is 0 Å². The molecule has 3 nitrogen and oxygen atoms in total. The van der Waals surface area contributed by atoms with Gasteiger partial charge in [-0.25, -0.2) is 0 Å². The highest BCUT2D eigenvalue weighted by Crippen LogP contribution is 2.65. The van der Waals surface area contributed by atoms with E-state index >= 15 is 0 Å². The van der Waals surface area contributed by atoms with Crippen molar-refractivity contribution in [1.29, 1.82) is 0 Å². The van der Waals surface area contributed by atoms with E-state index in [1.807, 2.05) is 0 Å². The molecule has 4 aliphatic carbocycles. The fourth-order valence-electron chi connectivity index (χ4n) is 6.80. The summed E-state index contributed by atoms with van der Waals surface area (Å²) in [5.74, 6) is 2.04. The van der Waals surface area contributed by atoms with Crippen LogP contribution < -0.4 is 0 Å². The summed E-state index contributed by atoms with van der Waals surface area (Å²) in [5, 5.41) is 10.2. The second-order valence-electron chi connectivity index (χ2n) is 8.64. The van der Waals surface area contributed by atoms with E-state index < -0.39 is 6.10 Å². The topological polar surface area (TPSA) is 54.4 Å². The average Bonchev–Trinajstić information content (AvgIpc) is 2.84. The van der Waals surface area contributed by atoms with Gasteiger partial charge in [0.25, 0.3) is 0 Å². The van der Waals surface area contributed by atoms with Crippen molar-refractivity contribution in [2.45, 2.75) is 71.3 Å². The van der Waals surface area contributed by atoms with E-state index in [0.29, 0.717) is 30.0 Å². The second-order valence-corrected chi connectivity index (χ2v) is 8.64. The van der Waals surface area contributed by atoms with Crippen LogP contribution in [0.3, 0.4) is 0 Å². The summed E-state index contributed by atoms with van der Waals surface area (Å²) in [7, 11) is 0. The van der Waals surface area contributed by atoms with Crippen molar-refractivity contribution >= 4 is 11.6 Å². The van der Waals surface area contributed by atoms with E-state index in [1.54, 1.807) is 6.08 Å². The van der Waals surface area contributed by atoms with Gasteiger partial charge < -0.3 is 5.11 Å². The van der Waals surface area contributed by atoms with Gasteiger partial charge in [0.05, 0.1) is 0 Å². The lowest BCUT2D eigenvalue weighted by Crippen LogP contribution is -2.53. The first-order chi connectivity index (χ1) is 10.9. The van der Waals surface area contributed by atoms with Crippen LogP contribution in [-0.4, -0.2) is 22.8 Å². The summed E-state index contributed by atoms with van der Waals surface area (Å²) in [6.45, 7) is 4.42. The van der Waals surface area contributed by atoms with E-state index in [4.69, 9.17) is 0 Å². The summed E-state index contributed by atoms with van der Waals surface area (Å²) in [4.78, 5) is 24.4. The van der Waals surface area contributed by atoms with Gasteiger partial charge in [0.15, 0.2) is 5.78 Å². The maximum Gasteiger partial charge on any atom is 0.184 e. The fraction of sp³-hybridized carbons (Fsp3) is 0.800. The molecule has 0 heterocycles. The third-order valence-corrected chi connectivity index (χ3v) is 8.08. The van der Waals surface area contributed by atoms with Gasteiger partial charge in [-0.2, -0.15) is 0 Å². The summed E-state index contributed by atoms with van der Waals surface area (Å²) in [5.41, 5.74) is 1.20. The molecule has 3 saturated carbocycles. The molecule has 3 heteroatoms. The van der Waals surface area contributed by atoms with Crippen LogP contribution in [0.1, 0.15) is 65.2 Å². The van der Waals surface area contributed by atoms with E-state index in [-0.39, 0.29) is 16.6 Å². The van der Waals surface area contributed by atoms with Crippen LogP contribution in [0.15, 0.2) is 11.6 Å². The number of rotatable bonds is 1. The van der Waals surface area contributed by atoms with Crippen molar-refractivity contribution < 1.29 is 14.7 Å². The van der Waals surface area contributed by atoms with Crippen LogP contribution in [0.25, 0.3) is 0 Å². The normalized spacial score (nSPS) is 49.3. The first-order valence-electron chi connectivity index (χ1n) is 9.38. The van der Waals surface area contributed by atoms with Gasteiger partial charge in [-0.15, -0.1) is 0 Å². The Morgan fingerprint density at radius 1 is 1.17 bits per heavy atom. The van der Waals surface area contributed by atoms with E-state index in [1.165, 1.54) is 5.57 Å². The molecule has 0 spiro atoms. The van der Waals surface area contributed by atoms with Gasteiger partial charge in [0.1, 0.15) is 11.9 Å². The van der Waals surface area contributed by atoms with Crippen LogP contribution in [0.4, 0.5) is 0 Å². The molecular formula is C20H28O3. The zero-order chi connectivity index (χ0) is 16.4. The lowest BCUT2D eigenvalue weighted by atomic mass is 9.46. The van der Waals surface area contributed by atoms with Crippen molar-refractivity contribution in [3.8, 4) is 0 Å². The Morgan fingerprint density at radius 3 is 2.70 bits per heavy atom. The summed E-state index contributed by atoms with van der Waals surface area (Å²) >= 11 is 0. The minimum atomic E-state index is -0.823. The van der Waals surface area contributed by atoms with E-state index in [9.17, 15) is 14.7 Å². The van der Waals surface area contributed by atoms with Gasteiger partial charge in [0, 0.05) is 11.8 Å². The molecule has 6 atom stereocenters. The minimum absolute atomic E-state index is 0.00319. The van der Waals surface area contributed by atoms with E-state index in [2.05, 4.69) is 13.8 Å². The number of hydrogen-bond acceptors (Lipinski definition) is 3. The summed E-state index contributed by atoms with van der Waals surface area (Å²) in [6, 6.07) is 0. The Kier molecular flexibility index (Phi) is 3.39. The second kappa shape index (κ2) is 5.02. The largest absolute Gasteiger partial charge is 0.385 e. The molecule has 0 unspecified atom stereocenters. The van der Waals surface area contributed by atoms with Crippen LogP contribution in [0, 0.1) is 28.6 Å². The zero-order valence-electron chi connectivity index (χ0n) is 14.3. The number of aliphatic hydroxyl groups excluding tert-OH is 1. The van der Waals surface area contributed by atoms with Gasteiger partial charge in [-0.3, -0.25) is 9.59 Å². The van der Waals surface area contributed by atoms with Gasteiger partial charge in [-0.1, -0.05) is 19.4 Å². The number of Topliss-reactive ketones (excluding diaryl/α,β-unsaturated/α-hetero) is 1. The Morgan fingerprint density at radius 2 is 1.96 bits per heavy atom. The first kappa shape index (κ1) is 15.6. The number of ketones is 2. The number of allylic oxidation sites excluding steroid dienone is 1. The van der Waals surface area contributed by atoms with Gasteiger partial charge >= 0.3 is 0 Å². The predicted molar refractivity (Wildman–Crippen MR) is 87.7 cm³/mol. The molecule has 1 N–H and O–H groups in total. The lowest BCUT2D eigenvalue weighted by molar-refractivity contribution is -0.135. The smallest absolute Gasteiger partial charge is 0.184 e. The highest BCUT2D eigenvalue weighted by Gasteiger charge is 2.60. The van der Waals surface area contributed by atoms with Crippen molar-refractivity contribution in [1.82, 2.24) is 0 Å². The molecule has 0 aromatic heterocycles. The van der Waals surface area contributed by atoms with E-state index in [0.717, 1.165) is 44.9 Å². The number of carbonyl (C=O) groups excluding carboxylic acids is 2. The zero-order valence-corrected chi connectivity index (χ0v) is 14.3. The molecule has 0 aromatic rings. The third kappa shape index (κ3) is 1.92. The van der Waals surface area contributed by atoms with Crippen LogP contribution in [-0.2, 0) is 9.59 Å². The van der Waals surface area contributed by atoms with Gasteiger partial charge in [0.2, 0.25) is 0 Å². The molecular weight excluding hydrogens is 288 g/mol. The molecule has 0 aromatic carbocycles. The molecule has 0 amide bonds. The quantitative estimate of drug-likeness (QED) is 0.806. The van der Waals surface area contributed by atoms with Crippen LogP contribution in [0.2, 0.25) is 0 Å². The number of fused-ring (bicyclic) bond motifs is 5. The SMILES string of the molecule is CC[C@]12C[C@@H](O)C(=O)C=C1CC[C@@H]1[C@@H]2CC[C@]2(C)C(=O)CC[C@@H]12. The van der Waals surface area contributed by atoms with Crippen molar-refractivity contribution in [2.24, 2.45) is 28.6 Å². The number of hydrogen-bond donors (Lipinski definition) is 1. The average molecular weight is 316 g/mol. The summed E-state index contributed by atoms with van der Waals surface area (Å²) < 4.78 is 0. The van der Waals surface area contributed by atoms with Crippen LogP contribution in [0.5, 0.6) is 0 Å². The predicted octanol–water partition coefficient (Wildman–Crippen LogP) is 3.45. The monoisotopic (exact) mass is 316 g/mol. The molecule has 4 rings (SSSR count). The molecule has 23 heavy (non-hydrogen) atoms. The van der Waals surface area contributed by atoms with Crippen molar-refractivity contribution in [3.05, 3.63) is 11.6 Å². The Hall–Kier alpha value is -0.960. The molecule has 4 aliphatic rings. The number of aliphatic hydroxyl groups is 1.